The number of carbonyl (C=O) groups excluding carboxylic acids is 1. The number of hydrogen-bond acceptors (Lipinski definition) is 4. The molecule has 0 fully saturated rings. The summed E-state index contributed by atoms with van der Waals surface area (Å²) in [5, 5.41) is 0. The molecule has 6 heteroatoms. The van der Waals surface area contributed by atoms with Gasteiger partial charge >= 0.3 is 0 Å². The van der Waals surface area contributed by atoms with Crippen LogP contribution in [0, 0.1) is 6.92 Å². The maximum atomic E-state index is 11.3. The fourth-order valence-electron chi connectivity index (χ4n) is 1.15. The number of rotatable bonds is 7. The Hall–Kier alpha value is -1.11. The molecular formula is C12H16BrNO4. The first kappa shape index (κ1) is 14.9. The van der Waals surface area contributed by atoms with Crippen molar-refractivity contribution in [3.8, 4) is 5.75 Å². The topological polar surface area (TPSA) is 56.8 Å². The lowest BCUT2D eigenvalue weighted by Gasteiger charge is -2.09. The smallest absolute Gasteiger partial charge is 0.281 e. The maximum Gasteiger partial charge on any atom is 0.281 e. The molecule has 0 radical (unpaired) electrons. The zero-order chi connectivity index (χ0) is 13.4. The first-order valence-corrected chi connectivity index (χ1v) is 6.21. The molecule has 0 unspecified atom stereocenters. The minimum absolute atomic E-state index is 0.103. The van der Waals surface area contributed by atoms with E-state index < -0.39 is 0 Å². The van der Waals surface area contributed by atoms with Gasteiger partial charge in [0.1, 0.15) is 5.75 Å². The highest BCUT2D eigenvalue weighted by molar-refractivity contribution is 9.10. The van der Waals surface area contributed by atoms with Gasteiger partial charge in [0.15, 0.2) is 6.61 Å². The van der Waals surface area contributed by atoms with Crippen LogP contribution in [-0.2, 0) is 14.4 Å². The number of halogens is 1. The summed E-state index contributed by atoms with van der Waals surface area (Å²) >= 11 is 3.37. The molecule has 100 valence electrons. The van der Waals surface area contributed by atoms with E-state index in [4.69, 9.17) is 14.3 Å². The highest BCUT2D eigenvalue weighted by atomic mass is 79.9. The molecule has 0 atom stereocenters. The molecule has 1 amide bonds. The van der Waals surface area contributed by atoms with Crippen LogP contribution in [0.15, 0.2) is 22.7 Å². The molecule has 1 N–H and O–H groups in total. The number of amides is 1. The van der Waals surface area contributed by atoms with E-state index in [2.05, 4.69) is 21.4 Å². The van der Waals surface area contributed by atoms with Gasteiger partial charge in [-0.3, -0.25) is 9.63 Å². The van der Waals surface area contributed by atoms with Gasteiger partial charge in [-0.1, -0.05) is 6.07 Å². The van der Waals surface area contributed by atoms with Crippen LogP contribution in [0.3, 0.4) is 0 Å². The van der Waals surface area contributed by atoms with Gasteiger partial charge in [0.05, 0.1) is 17.7 Å². The Bertz CT molecular complexity index is 398. The van der Waals surface area contributed by atoms with E-state index in [9.17, 15) is 4.79 Å². The normalized spacial score (nSPS) is 10.2. The molecule has 0 aliphatic carbocycles. The van der Waals surface area contributed by atoms with Gasteiger partial charge in [0.25, 0.3) is 5.91 Å². The van der Waals surface area contributed by atoms with Crippen molar-refractivity contribution in [1.82, 2.24) is 5.48 Å². The third kappa shape index (κ3) is 5.48. The zero-order valence-corrected chi connectivity index (χ0v) is 12.0. The highest BCUT2D eigenvalue weighted by Crippen LogP contribution is 2.25. The van der Waals surface area contributed by atoms with Gasteiger partial charge in [-0.05, 0) is 40.5 Å². The summed E-state index contributed by atoms with van der Waals surface area (Å²) in [7, 11) is 1.56. The van der Waals surface area contributed by atoms with Gasteiger partial charge in [-0.15, -0.1) is 0 Å². The van der Waals surface area contributed by atoms with Gasteiger partial charge < -0.3 is 9.47 Å². The van der Waals surface area contributed by atoms with E-state index in [0.717, 1.165) is 10.0 Å². The quantitative estimate of drug-likeness (QED) is 0.616. The first-order valence-electron chi connectivity index (χ1n) is 5.42. The second-order valence-electron chi connectivity index (χ2n) is 3.59. The third-order valence-electron chi connectivity index (χ3n) is 2.02. The first-order chi connectivity index (χ1) is 8.63. The molecule has 0 bridgehead atoms. The Balaban J connectivity index is 2.29. The number of aryl methyl sites for hydroxylation is 1. The van der Waals surface area contributed by atoms with Gasteiger partial charge in [0, 0.05) is 7.11 Å². The predicted molar refractivity (Wildman–Crippen MR) is 70.3 cm³/mol. The summed E-state index contributed by atoms with van der Waals surface area (Å²) in [5.41, 5.74) is 3.37. The van der Waals surface area contributed by atoms with Crippen LogP contribution in [0.2, 0.25) is 0 Å². The summed E-state index contributed by atoms with van der Waals surface area (Å²) in [4.78, 5) is 16.2. The van der Waals surface area contributed by atoms with Crippen LogP contribution in [0.25, 0.3) is 0 Å². The van der Waals surface area contributed by atoms with Crippen molar-refractivity contribution in [2.24, 2.45) is 0 Å². The lowest BCUT2D eigenvalue weighted by atomic mass is 10.2. The van der Waals surface area contributed by atoms with E-state index in [1.807, 2.05) is 19.1 Å². The van der Waals surface area contributed by atoms with E-state index in [1.165, 1.54) is 0 Å². The van der Waals surface area contributed by atoms with Crippen LogP contribution in [0.5, 0.6) is 5.75 Å². The monoisotopic (exact) mass is 317 g/mol. The summed E-state index contributed by atoms with van der Waals surface area (Å²) in [6, 6.07) is 5.63. The van der Waals surface area contributed by atoms with Gasteiger partial charge in [0.2, 0.25) is 0 Å². The van der Waals surface area contributed by atoms with Crippen LogP contribution in [-0.4, -0.2) is 32.8 Å². The molecule has 1 aromatic carbocycles. The lowest BCUT2D eigenvalue weighted by Crippen LogP contribution is -2.30. The number of ether oxygens (including phenoxy) is 2. The number of nitrogens with one attached hydrogen (secondary N) is 1. The third-order valence-corrected chi connectivity index (χ3v) is 2.64. The van der Waals surface area contributed by atoms with Crippen LogP contribution in [0.4, 0.5) is 0 Å². The summed E-state index contributed by atoms with van der Waals surface area (Å²) in [5.74, 6) is 0.270. The van der Waals surface area contributed by atoms with E-state index in [-0.39, 0.29) is 12.5 Å². The number of hydrogen-bond donors (Lipinski definition) is 1. The highest BCUT2D eigenvalue weighted by Gasteiger charge is 2.05. The average molecular weight is 318 g/mol. The fraction of sp³-hybridized carbons (Fsp3) is 0.417. The van der Waals surface area contributed by atoms with Gasteiger partial charge in [-0.25, -0.2) is 5.48 Å². The van der Waals surface area contributed by atoms with Crippen LogP contribution < -0.4 is 10.2 Å². The van der Waals surface area contributed by atoms with Crippen molar-refractivity contribution >= 4 is 21.8 Å². The molecule has 0 saturated carbocycles. The van der Waals surface area contributed by atoms with Crippen LogP contribution >= 0.6 is 15.9 Å². The van der Waals surface area contributed by atoms with Crippen molar-refractivity contribution in [3.63, 3.8) is 0 Å². The molecule has 1 aromatic rings. The minimum atomic E-state index is -0.349. The Morgan fingerprint density at radius 2 is 2.17 bits per heavy atom. The molecule has 0 heterocycles. The Kier molecular flexibility index (Phi) is 6.70. The van der Waals surface area contributed by atoms with Crippen molar-refractivity contribution in [3.05, 3.63) is 28.2 Å². The summed E-state index contributed by atoms with van der Waals surface area (Å²) in [6.07, 6.45) is 0. The molecule has 5 nitrogen and oxygen atoms in total. The Morgan fingerprint density at radius 1 is 1.39 bits per heavy atom. The largest absolute Gasteiger partial charge is 0.483 e. The number of carbonyl (C=O) groups is 1. The van der Waals surface area contributed by atoms with Crippen LogP contribution in [0.1, 0.15) is 5.56 Å². The molecule has 0 saturated heterocycles. The molecule has 18 heavy (non-hydrogen) atoms. The maximum absolute atomic E-state index is 11.3. The van der Waals surface area contributed by atoms with Crippen molar-refractivity contribution in [1.29, 1.82) is 0 Å². The molecular weight excluding hydrogens is 302 g/mol. The molecule has 0 aliphatic rings. The predicted octanol–water partition coefficient (Wildman–Crippen LogP) is 1.83. The zero-order valence-electron chi connectivity index (χ0n) is 10.4. The number of benzene rings is 1. The second-order valence-corrected chi connectivity index (χ2v) is 4.44. The lowest BCUT2D eigenvalue weighted by molar-refractivity contribution is -0.136. The Morgan fingerprint density at radius 3 is 2.83 bits per heavy atom. The van der Waals surface area contributed by atoms with E-state index in [0.29, 0.717) is 19.0 Å². The summed E-state index contributed by atoms with van der Waals surface area (Å²) < 4.78 is 10.9. The van der Waals surface area contributed by atoms with E-state index in [1.54, 1.807) is 13.2 Å². The summed E-state index contributed by atoms with van der Waals surface area (Å²) in [6.45, 7) is 2.60. The van der Waals surface area contributed by atoms with E-state index >= 15 is 0 Å². The second kappa shape index (κ2) is 8.07. The SMILES string of the molecule is COCCONC(=O)COc1ccc(C)cc1Br. The molecule has 0 aromatic heterocycles. The fourth-order valence-corrected chi connectivity index (χ4v) is 1.76. The average Bonchev–Trinajstić information content (AvgIpc) is 2.33. The van der Waals surface area contributed by atoms with Gasteiger partial charge in [-0.2, -0.15) is 0 Å². The molecule has 0 aliphatic heterocycles. The standard InChI is InChI=1S/C12H16BrNO4/c1-9-3-4-11(10(13)7-9)17-8-12(15)14-18-6-5-16-2/h3-4,7H,5-6,8H2,1-2H3,(H,14,15). The number of methoxy groups -OCH3 is 1. The number of hydroxylamine groups is 1. The Labute approximate surface area is 114 Å². The molecule has 0 spiro atoms. The van der Waals surface area contributed by atoms with Crippen molar-refractivity contribution in [2.45, 2.75) is 6.92 Å². The minimum Gasteiger partial charge on any atom is -0.483 e. The molecule has 1 rings (SSSR count). The van der Waals surface area contributed by atoms with Crippen molar-refractivity contribution in [2.75, 3.05) is 26.9 Å². The van der Waals surface area contributed by atoms with Crippen molar-refractivity contribution < 1.29 is 19.1 Å².